The van der Waals surface area contributed by atoms with Crippen LogP contribution < -0.4 is 5.32 Å². The van der Waals surface area contributed by atoms with Crippen molar-refractivity contribution in [1.82, 2.24) is 15.1 Å². The lowest BCUT2D eigenvalue weighted by atomic mass is 9.97. The van der Waals surface area contributed by atoms with Crippen molar-refractivity contribution in [2.24, 2.45) is 7.05 Å². The Balaban J connectivity index is 1.92. The van der Waals surface area contributed by atoms with E-state index in [1.807, 2.05) is 20.9 Å². The second kappa shape index (κ2) is 5.17. The van der Waals surface area contributed by atoms with E-state index in [1.54, 1.807) is 4.68 Å². The first-order chi connectivity index (χ1) is 8.44. The molecule has 0 aliphatic carbocycles. The fraction of sp³-hybridized carbons (Fsp3) is 0.750. The molecular formula is C12H20ClN3O2. The average Bonchev–Trinajstić information content (AvgIpc) is 2.75. The van der Waals surface area contributed by atoms with Gasteiger partial charge in [-0.3, -0.25) is 4.68 Å². The van der Waals surface area contributed by atoms with Gasteiger partial charge in [0.15, 0.2) is 0 Å². The van der Waals surface area contributed by atoms with E-state index in [9.17, 15) is 5.11 Å². The number of hydrogen-bond acceptors (Lipinski definition) is 4. The number of aromatic nitrogens is 2. The molecule has 5 nitrogen and oxygen atoms in total. The highest BCUT2D eigenvalue weighted by Crippen LogP contribution is 2.25. The zero-order valence-electron chi connectivity index (χ0n) is 11.0. The third kappa shape index (κ3) is 2.54. The minimum Gasteiger partial charge on any atom is -0.386 e. The van der Waals surface area contributed by atoms with E-state index in [-0.39, 0.29) is 6.10 Å². The van der Waals surface area contributed by atoms with Crippen molar-refractivity contribution in [3.63, 3.8) is 0 Å². The van der Waals surface area contributed by atoms with Crippen molar-refractivity contribution in [2.75, 3.05) is 13.2 Å². The van der Waals surface area contributed by atoms with Gasteiger partial charge in [-0.05, 0) is 13.8 Å². The SMILES string of the molecule is Cc1nn(C)c(Cl)c1CNCC1(O)CCOC1C. The van der Waals surface area contributed by atoms with Gasteiger partial charge in [0.05, 0.1) is 11.8 Å². The maximum atomic E-state index is 10.3. The third-order valence-electron chi connectivity index (χ3n) is 3.66. The summed E-state index contributed by atoms with van der Waals surface area (Å²) in [5, 5.41) is 18.5. The maximum absolute atomic E-state index is 10.3. The molecule has 1 aromatic heterocycles. The average molecular weight is 274 g/mol. The van der Waals surface area contributed by atoms with Crippen LogP contribution in [0.3, 0.4) is 0 Å². The highest BCUT2D eigenvalue weighted by molar-refractivity contribution is 6.30. The van der Waals surface area contributed by atoms with E-state index in [4.69, 9.17) is 16.3 Å². The van der Waals surface area contributed by atoms with E-state index in [0.29, 0.717) is 31.3 Å². The third-order valence-corrected chi connectivity index (χ3v) is 4.14. The lowest BCUT2D eigenvalue weighted by Gasteiger charge is -2.26. The van der Waals surface area contributed by atoms with E-state index in [0.717, 1.165) is 11.3 Å². The van der Waals surface area contributed by atoms with Gasteiger partial charge in [-0.25, -0.2) is 0 Å². The number of halogens is 1. The number of nitrogens with zero attached hydrogens (tertiary/aromatic N) is 2. The van der Waals surface area contributed by atoms with Gasteiger partial charge >= 0.3 is 0 Å². The van der Waals surface area contributed by atoms with E-state index >= 15 is 0 Å². The molecule has 1 aliphatic heterocycles. The van der Waals surface area contributed by atoms with Gasteiger partial charge in [0.25, 0.3) is 0 Å². The molecule has 0 bridgehead atoms. The summed E-state index contributed by atoms with van der Waals surface area (Å²) in [4.78, 5) is 0. The van der Waals surface area contributed by atoms with Crippen molar-refractivity contribution in [3.8, 4) is 0 Å². The minimum absolute atomic E-state index is 0.129. The van der Waals surface area contributed by atoms with Crippen molar-refractivity contribution < 1.29 is 9.84 Å². The Bertz CT molecular complexity index is 435. The molecule has 2 N–H and O–H groups in total. The Morgan fingerprint density at radius 3 is 2.89 bits per heavy atom. The minimum atomic E-state index is -0.775. The van der Waals surface area contributed by atoms with Crippen LogP contribution in [0, 0.1) is 6.92 Å². The number of nitrogens with one attached hydrogen (secondary N) is 1. The predicted octanol–water partition coefficient (Wildman–Crippen LogP) is 1.01. The summed E-state index contributed by atoms with van der Waals surface area (Å²) < 4.78 is 7.05. The first-order valence-electron chi connectivity index (χ1n) is 6.17. The van der Waals surface area contributed by atoms with Crippen LogP contribution in [0.15, 0.2) is 0 Å². The van der Waals surface area contributed by atoms with Crippen LogP contribution in [0.1, 0.15) is 24.6 Å². The number of ether oxygens (including phenoxy) is 1. The Labute approximate surface area is 112 Å². The molecule has 0 saturated carbocycles. The summed E-state index contributed by atoms with van der Waals surface area (Å²) in [7, 11) is 1.82. The van der Waals surface area contributed by atoms with Gasteiger partial charge in [-0.15, -0.1) is 0 Å². The number of aliphatic hydroxyl groups is 1. The van der Waals surface area contributed by atoms with Crippen LogP contribution in [-0.2, 0) is 18.3 Å². The summed E-state index contributed by atoms with van der Waals surface area (Å²) in [6.07, 6.45) is 0.538. The molecule has 2 unspecified atom stereocenters. The van der Waals surface area contributed by atoms with Crippen molar-refractivity contribution in [3.05, 3.63) is 16.4 Å². The van der Waals surface area contributed by atoms with Crippen LogP contribution in [0.5, 0.6) is 0 Å². The van der Waals surface area contributed by atoms with Crippen molar-refractivity contribution in [2.45, 2.75) is 38.5 Å². The standard InChI is InChI=1S/C12H20ClN3O2/c1-8-10(11(13)16(3)15-8)6-14-7-12(17)4-5-18-9(12)2/h9,14,17H,4-7H2,1-3H3. The molecule has 0 aromatic carbocycles. The summed E-state index contributed by atoms with van der Waals surface area (Å²) in [6, 6.07) is 0. The van der Waals surface area contributed by atoms with Gasteiger partial charge in [0.2, 0.25) is 0 Å². The Morgan fingerprint density at radius 1 is 1.67 bits per heavy atom. The molecule has 2 rings (SSSR count). The van der Waals surface area contributed by atoms with Crippen LogP contribution >= 0.6 is 11.6 Å². The van der Waals surface area contributed by atoms with E-state index in [2.05, 4.69) is 10.4 Å². The summed E-state index contributed by atoms with van der Waals surface area (Å²) >= 11 is 6.15. The molecule has 1 saturated heterocycles. The monoisotopic (exact) mass is 273 g/mol. The predicted molar refractivity (Wildman–Crippen MR) is 69.6 cm³/mol. The number of aryl methyl sites for hydroxylation is 2. The lowest BCUT2D eigenvalue weighted by Crippen LogP contribution is -2.45. The molecule has 0 spiro atoms. The zero-order chi connectivity index (χ0) is 13.3. The van der Waals surface area contributed by atoms with Crippen LogP contribution in [0.25, 0.3) is 0 Å². The smallest absolute Gasteiger partial charge is 0.131 e. The second-order valence-corrected chi connectivity index (χ2v) is 5.31. The molecule has 102 valence electrons. The van der Waals surface area contributed by atoms with Crippen LogP contribution in [0.2, 0.25) is 5.15 Å². The molecule has 1 aromatic rings. The largest absolute Gasteiger partial charge is 0.386 e. The Hall–Kier alpha value is -0.620. The molecular weight excluding hydrogens is 254 g/mol. The lowest BCUT2D eigenvalue weighted by molar-refractivity contribution is -0.0263. The van der Waals surface area contributed by atoms with Crippen LogP contribution in [-0.4, -0.2) is 39.7 Å². The maximum Gasteiger partial charge on any atom is 0.131 e. The Kier molecular flexibility index (Phi) is 3.96. The number of hydrogen-bond donors (Lipinski definition) is 2. The molecule has 18 heavy (non-hydrogen) atoms. The molecule has 2 atom stereocenters. The summed E-state index contributed by atoms with van der Waals surface area (Å²) in [6.45, 7) is 5.55. The van der Waals surface area contributed by atoms with Crippen molar-refractivity contribution in [1.29, 1.82) is 0 Å². The van der Waals surface area contributed by atoms with Gasteiger partial charge in [0.1, 0.15) is 10.8 Å². The Morgan fingerprint density at radius 2 is 2.39 bits per heavy atom. The fourth-order valence-corrected chi connectivity index (χ4v) is 2.52. The normalized spacial score (nSPS) is 27.9. The quantitative estimate of drug-likeness (QED) is 0.860. The zero-order valence-corrected chi connectivity index (χ0v) is 11.8. The van der Waals surface area contributed by atoms with Gasteiger partial charge in [-0.1, -0.05) is 11.6 Å². The highest BCUT2D eigenvalue weighted by Gasteiger charge is 2.39. The first-order valence-corrected chi connectivity index (χ1v) is 6.54. The topological polar surface area (TPSA) is 59.3 Å². The first kappa shape index (κ1) is 13.8. The van der Waals surface area contributed by atoms with Gasteiger partial charge < -0.3 is 15.2 Å². The molecule has 1 fully saturated rings. The van der Waals surface area contributed by atoms with Crippen LogP contribution in [0.4, 0.5) is 0 Å². The van der Waals surface area contributed by atoms with Gasteiger partial charge in [0, 0.05) is 38.7 Å². The molecule has 0 radical (unpaired) electrons. The van der Waals surface area contributed by atoms with E-state index in [1.165, 1.54) is 0 Å². The van der Waals surface area contributed by atoms with Gasteiger partial charge in [-0.2, -0.15) is 5.10 Å². The fourth-order valence-electron chi connectivity index (χ4n) is 2.28. The highest BCUT2D eigenvalue weighted by atomic mass is 35.5. The molecule has 6 heteroatoms. The molecule has 2 heterocycles. The van der Waals surface area contributed by atoms with Crippen molar-refractivity contribution >= 4 is 11.6 Å². The second-order valence-electron chi connectivity index (χ2n) is 4.95. The molecule has 0 amide bonds. The number of rotatable bonds is 4. The summed E-state index contributed by atoms with van der Waals surface area (Å²) in [5.74, 6) is 0. The molecule has 1 aliphatic rings. The van der Waals surface area contributed by atoms with E-state index < -0.39 is 5.60 Å². The summed E-state index contributed by atoms with van der Waals surface area (Å²) in [5.41, 5.74) is 1.12.